The van der Waals surface area contributed by atoms with Crippen LogP contribution in [0.3, 0.4) is 0 Å². The molecular formula is C19H40OS2. The number of thioether (sulfide) groups is 2. The van der Waals surface area contributed by atoms with E-state index >= 15 is 0 Å². The second kappa shape index (κ2) is 19.7. The number of unbranched alkanes of at least 4 members (excludes halogenated alkanes) is 10. The van der Waals surface area contributed by atoms with Crippen molar-refractivity contribution in [1.82, 2.24) is 0 Å². The number of rotatable bonds is 18. The number of aliphatic hydroxyl groups is 1. The molecule has 0 radical (unpaired) electrons. The maximum Gasteiger partial charge on any atom is 0.0558 e. The Balaban J connectivity index is 3.29. The van der Waals surface area contributed by atoms with Crippen molar-refractivity contribution in [3.63, 3.8) is 0 Å². The summed E-state index contributed by atoms with van der Waals surface area (Å²) in [5, 5.41) is 9.92. The Morgan fingerprint density at radius 2 is 1.18 bits per heavy atom. The van der Waals surface area contributed by atoms with Crippen LogP contribution in [0.1, 0.15) is 90.9 Å². The molecule has 1 unspecified atom stereocenters. The number of aliphatic hydroxyl groups excluding tert-OH is 1. The van der Waals surface area contributed by atoms with E-state index in [9.17, 15) is 5.11 Å². The van der Waals surface area contributed by atoms with Gasteiger partial charge in [-0.05, 0) is 24.3 Å². The van der Waals surface area contributed by atoms with E-state index in [0.717, 1.165) is 5.75 Å². The number of hydrogen-bond acceptors (Lipinski definition) is 3. The molecule has 0 rings (SSSR count). The van der Waals surface area contributed by atoms with E-state index in [1.807, 2.05) is 23.5 Å². The molecular weight excluding hydrogens is 308 g/mol. The fourth-order valence-corrected chi connectivity index (χ4v) is 4.91. The molecule has 1 nitrogen and oxygen atoms in total. The summed E-state index contributed by atoms with van der Waals surface area (Å²) in [5.41, 5.74) is 0. The van der Waals surface area contributed by atoms with Crippen molar-refractivity contribution in [1.29, 1.82) is 0 Å². The van der Waals surface area contributed by atoms with Crippen molar-refractivity contribution in [2.24, 2.45) is 0 Å². The summed E-state index contributed by atoms with van der Waals surface area (Å²) in [6.45, 7) is 4.89. The molecule has 1 atom stereocenters. The maximum absolute atomic E-state index is 9.46. The first-order valence-electron chi connectivity index (χ1n) is 9.65. The van der Waals surface area contributed by atoms with Crippen LogP contribution in [0, 0.1) is 0 Å². The lowest BCUT2D eigenvalue weighted by molar-refractivity contribution is 0.301. The summed E-state index contributed by atoms with van der Waals surface area (Å²) in [4.78, 5) is 0. The predicted molar refractivity (Wildman–Crippen MR) is 107 cm³/mol. The Labute approximate surface area is 148 Å². The van der Waals surface area contributed by atoms with Gasteiger partial charge in [0.1, 0.15) is 0 Å². The van der Waals surface area contributed by atoms with Gasteiger partial charge in [0.25, 0.3) is 0 Å². The van der Waals surface area contributed by atoms with Crippen molar-refractivity contribution in [3.05, 3.63) is 0 Å². The van der Waals surface area contributed by atoms with E-state index in [2.05, 4.69) is 13.8 Å². The minimum atomic E-state index is 0.351. The van der Waals surface area contributed by atoms with E-state index in [0.29, 0.717) is 11.9 Å². The molecule has 0 aliphatic carbocycles. The van der Waals surface area contributed by atoms with E-state index in [1.54, 1.807) is 0 Å². The third-order valence-electron chi connectivity index (χ3n) is 4.00. The summed E-state index contributed by atoms with van der Waals surface area (Å²) < 4.78 is 0. The van der Waals surface area contributed by atoms with Gasteiger partial charge in [-0.15, -0.1) is 0 Å². The van der Waals surface area contributed by atoms with Gasteiger partial charge >= 0.3 is 0 Å². The standard InChI is InChI=1S/C19H40OS2/c1-3-5-7-9-11-13-15-21-18-19(17-20)22-16-14-12-10-8-6-4-2/h19-20H,3-18H2,1-2H3. The van der Waals surface area contributed by atoms with Crippen LogP contribution < -0.4 is 0 Å². The van der Waals surface area contributed by atoms with Gasteiger partial charge in [0.05, 0.1) is 6.61 Å². The van der Waals surface area contributed by atoms with Crippen LogP contribution in [-0.2, 0) is 0 Å². The Morgan fingerprint density at radius 1 is 0.682 bits per heavy atom. The van der Waals surface area contributed by atoms with Gasteiger partial charge in [-0.25, -0.2) is 0 Å². The van der Waals surface area contributed by atoms with Crippen molar-refractivity contribution < 1.29 is 5.11 Å². The van der Waals surface area contributed by atoms with Gasteiger partial charge < -0.3 is 5.11 Å². The van der Waals surface area contributed by atoms with Gasteiger partial charge in [0.2, 0.25) is 0 Å². The third kappa shape index (κ3) is 17.0. The van der Waals surface area contributed by atoms with Crippen molar-refractivity contribution in [2.75, 3.05) is 23.9 Å². The average molecular weight is 349 g/mol. The van der Waals surface area contributed by atoms with E-state index in [4.69, 9.17) is 0 Å². The maximum atomic E-state index is 9.46. The second-order valence-corrected chi connectivity index (χ2v) is 8.84. The molecule has 0 aliphatic rings. The highest BCUT2D eigenvalue weighted by Gasteiger charge is 2.07. The summed E-state index contributed by atoms with van der Waals surface area (Å²) in [6.07, 6.45) is 16.5. The van der Waals surface area contributed by atoms with Crippen LogP contribution in [0.2, 0.25) is 0 Å². The first-order valence-corrected chi connectivity index (χ1v) is 11.9. The molecule has 0 saturated heterocycles. The van der Waals surface area contributed by atoms with Gasteiger partial charge in [-0.1, -0.05) is 78.1 Å². The Bertz CT molecular complexity index is 200. The minimum Gasteiger partial charge on any atom is -0.395 e. The molecule has 1 N–H and O–H groups in total. The smallest absolute Gasteiger partial charge is 0.0558 e. The lowest BCUT2D eigenvalue weighted by Crippen LogP contribution is -2.13. The molecule has 0 aliphatic heterocycles. The monoisotopic (exact) mass is 348 g/mol. The van der Waals surface area contributed by atoms with Crippen LogP contribution in [0.4, 0.5) is 0 Å². The molecule has 3 heteroatoms. The zero-order valence-corrected chi connectivity index (χ0v) is 16.8. The highest BCUT2D eigenvalue weighted by Crippen LogP contribution is 2.20. The summed E-state index contributed by atoms with van der Waals surface area (Å²) in [6, 6.07) is 0. The fourth-order valence-electron chi connectivity index (χ4n) is 2.49. The van der Waals surface area contributed by atoms with Crippen LogP contribution in [0.5, 0.6) is 0 Å². The molecule has 0 spiro atoms. The molecule has 0 aromatic rings. The van der Waals surface area contributed by atoms with E-state index in [-0.39, 0.29) is 0 Å². The Hall–Kier alpha value is 0.660. The van der Waals surface area contributed by atoms with Gasteiger partial charge in [0, 0.05) is 11.0 Å². The molecule has 0 amide bonds. The van der Waals surface area contributed by atoms with Crippen LogP contribution in [0.15, 0.2) is 0 Å². The lowest BCUT2D eigenvalue weighted by atomic mass is 10.1. The van der Waals surface area contributed by atoms with Crippen LogP contribution in [0.25, 0.3) is 0 Å². The van der Waals surface area contributed by atoms with Gasteiger partial charge in [-0.2, -0.15) is 23.5 Å². The molecule has 0 aromatic carbocycles. The first-order chi connectivity index (χ1) is 10.8. The molecule has 0 aromatic heterocycles. The SMILES string of the molecule is CCCCCCCCSCC(CO)SCCCCCCCC. The zero-order chi connectivity index (χ0) is 16.3. The van der Waals surface area contributed by atoms with E-state index < -0.39 is 0 Å². The van der Waals surface area contributed by atoms with E-state index in [1.165, 1.54) is 88.6 Å². The van der Waals surface area contributed by atoms with Crippen molar-refractivity contribution in [3.8, 4) is 0 Å². The molecule has 0 bridgehead atoms. The molecule has 0 heterocycles. The first kappa shape index (κ1) is 22.7. The summed E-state index contributed by atoms with van der Waals surface area (Å²) in [7, 11) is 0. The molecule has 134 valence electrons. The van der Waals surface area contributed by atoms with Crippen molar-refractivity contribution >= 4 is 23.5 Å². The Morgan fingerprint density at radius 3 is 1.73 bits per heavy atom. The van der Waals surface area contributed by atoms with Gasteiger partial charge in [0.15, 0.2) is 0 Å². The molecule has 22 heavy (non-hydrogen) atoms. The average Bonchev–Trinajstić information content (AvgIpc) is 2.54. The normalized spacial score (nSPS) is 12.7. The third-order valence-corrected chi connectivity index (χ3v) is 6.74. The molecule has 0 saturated carbocycles. The van der Waals surface area contributed by atoms with Gasteiger partial charge in [-0.3, -0.25) is 0 Å². The topological polar surface area (TPSA) is 20.2 Å². The largest absolute Gasteiger partial charge is 0.395 e. The lowest BCUT2D eigenvalue weighted by Gasteiger charge is -2.13. The highest BCUT2D eigenvalue weighted by molar-refractivity contribution is 8.03. The number of hydrogen-bond donors (Lipinski definition) is 1. The fraction of sp³-hybridized carbons (Fsp3) is 1.00. The predicted octanol–water partition coefficient (Wildman–Crippen LogP) is 6.53. The Kier molecular flexibility index (Phi) is 20.3. The summed E-state index contributed by atoms with van der Waals surface area (Å²) in [5.74, 6) is 3.64. The highest BCUT2D eigenvalue weighted by atomic mass is 32.2. The van der Waals surface area contributed by atoms with Crippen LogP contribution >= 0.6 is 23.5 Å². The quantitative estimate of drug-likeness (QED) is 0.284. The molecule has 0 fully saturated rings. The van der Waals surface area contributed by atoms with Crippen molar-refractivity contribution in [2.45, 2.75) is 96.1 Å². The second-order valence-electron chi connectivity index (χ2n) is 6.29. The van der Waals surface area contributed by atoms with Crippen LogP contribution in [-0.4, -0.2) is 34.2 Å². The summed E-state index contributed by atoms with van der Waals surface area (Å²) >= 11 is 4.03. The zero-order valence-electron chi connectivity index (χ0n) is 15.2. The minimum absolute atomic E-state index is 0.351.